The molecule has 6 heteroatoms. The molecule has 1 fully saturated rings. The topological polar surface area (TPSA) is 54.0 Å². The summed E-state index contributed by atoms with van der Waals surface area (Å²) in [7, 11) is 5.70. The third-order valence-corrected chi connectivity index (χ3v) is 4.56. The van der Waals surface area contributed by atoms with Crippen LogP contribution in [0.4, 0.5) is 10.5 Å². The van der Waals surface area contributed by atoms with Gasteiger partial charge in [-0.05, 0) is 37.2 Å². The van der Waals surface area contributed by atoms with Crippen molar-refractivity contribution in [2.45, 2.75) is 26.2 Å². The highest BCUT2D eigenvalue weighted by atomic mass is 16.5. The van der Waals surface area contributed by atoms with Crippen molar-refractivity contribution >= 4 is 11.7 Å². The molecule has 1 aliphatic heterocycles. The van der Waals surface area contributed by atoms with Gasteiger partial charge in [-0.15, -0.1) is 0 Å². The molecule has 1 aromatic rings. The summed E-state index contributed by atoms with van der Waals surface area (Å²) in [6.07, 6.45) is 0. The zero-order valence-corrected chi connectivity index (χ0v) is 17.0. The summed E-state index contributed by atoms with van der Waals surface area (Å²) < 4.78 is 11.1. The average Bonchev–Trinajstić information content (AvgIpc) is 2.79. The predicted molar refractivity (Wildman–Crippen MR) is 105 cm³/mol. The molecule has 1 aliphatic rings. The molecule has 1 aromatic carbocycles. The number of amides is 2. The summed E-state index contributed by atoms with van der Waals surface area (Å²) in [5.74, 6) is 0.975. The monoisotopic (exact) mass is 363 g/mol. The first-order valence-corrected chi connectivity index (χ1v) is 9.17. The van der Waals surface area contributed by atoms with Crippen LogP contribution in [0, 0.1) is 5.92 Å². The normalized spacial score (nSPS) is 18.6. The fourth-order valence-electron chi connectivity index (χ4n) is 3.16. The zero-order chi connectivity index (χ0) is 19.3. The van der Waals surface area contributed by atoms with Gasteiger partial charge in [-0.1, -0.05) is 26.8 Å². The SMILES string of the molecule is COc1ccc(C(C)(C)C)cc1NC(=O)N1CCOC[C@@H](CN(C)C)C1. The first-order valence-electron chi connectivity index (χ1n) is 9.17. The van der Waals surface area contributed by atoms with E-state index in [0.29, 0.717) is 43.7 Å². The van der Waals surface area contributed by atoms with Crippen LogP contribution in [-0.2, 0) is 10.2 Å². The van der Waals surface area contributed by atoms with E-state index in [9.17, 15) is 4.79 Å². The minimum Gasteiger partial charge on any atom is -0.495 e. The lowest BCUT2D eigenvalue weighted by molar-refractivity contribution is 0.112. The number of nitrogens with zero attached hydrogens (tertiary/aromatic N) is 2. The number of nitrogens with one attached hydrogen (secondary N) is 1. The molecule has 0 unspecified atom stereocenters. The molecule has 0 aromatic heterocycles. The van der Waals surface area contributed by atoms with Gasteiger partial charge in [0.15, 0.2) is 0 Å². The number of benzene rings is 1. The molecule has 1 N–H and O–H groups in total. The molecule has 0 radical (unpaired) electrons. The van der Waals surface area contributed by atoms with Crippen LogP contribution in [0.25, 0.3) is 0 Å². The van der Waals surface area contributed by atoms with Gasteiger partial charge in [0.25, 0.3) is 0 Å². The van der Waals surface area contributed by atoms with Gasteiger partial charge in [0.05, 0.1) is 26.0 Å². The van der Waals surface area contributed by atoms with Crippen LogP contribution in [0.1, 0.15) is 26.3 Å². The van der Waals surface area contributed by atoms with Crippen LogP contribution in [0.3, 0.4) is 0 Å². The Morgan fingerprint density at radius 1 is 1.38 bits per heavy atom. The van der Waals surface area contributed by atoms with Crippen LogP contribution in [0.5, 0.6) is 5.75 Å². The predicted octanol–water partition coefficient (Wildman–Crippen LogP) is 3.03. The van der Waals surface area contributed by atoms with Gasteiger partial charge >= 0.3 is 6.03 Å². The molecule has 1 atom stereocenters. The highest BCUT2D eigenvalue weighted by Crippen LogP contribution is 2.31. The van der Waals surface area contributed by atoms with Crippen molar-refractivity contribution in [2.24, 2.45) is 5.92 Å². The highest BCUT2D eigenvalue weighted by Gasteiger charge is 2.24. The molecule has 2 amide bonds. The van der Waals surface area contributed by atoms with E-state index in [4.69, 9.17) is 9.47 Å². The molecule has 0 spiro atoms. The maximum Gasteiger partial charge on any atom is 0.322 e. The Morgan fingerprint density at radius 2 is 2.12 bits per heavy atom. The average molecular weight is 364 g/mol. The number of hydrogen-bond acceptors (Lipinski definition) is 4. The lowest BCUT2D eigenvalue weighted by Gasteiger charge is -2.26. The van der Waals surface area contributed by atoms with Crippen LogP contribution in [0.2, 0.25) is 0 Å². The second kappa shape index (κ2) is 8.73. The molecule has 0 bridgehead atoms. The van der Waals surface area contributed by atoms with Gasteiger partial charge < -0.3 is 24.6 Å². The van der Waals surface area contributed by atoms with Crippen molar-refractivity contribution in [2.75, 3.05) is 59.4 Å². The van der Waals surface area contributed by atoms with E-state index in [-0.39, 0.29) is 11.4 Å². The number of ether oxygens (including phenoxy) is 2. The van der Waals surface area contributed by atoms with Gasteiger partial charge in [0.1, 0.15) is 5.75 Å². The number of anilines is 1. The Morgan fingerprint density at radius 3 is 2.73 bits per heavy atom. The van der Waals surface area contributed by atoms with Gasteiger partial charge in [0.2, 0.25) is 0 Å². The van der Waals surface area contributed by atoms with Crippen LogP contribution in [0.15, 0.2) is 18.2 Å². The minimum atomic E-state index is -0.108. The summed E-state index contributed by atoms with van der Waals surface area (Å²) in [6.45, 7) is 9.88. The lowest BCUT2D eigenvalue weighted by atomic mass is 9.87. The molecule has 26 heavy (non-hydrogen) atoms. The molecule has 0 aliphatic carbocycles. The van der Waals surface area contributed by atoms with Crippen LogP contribution < -0.4 is 10.1 Å². The molecule has 146 valence electrons. The maximum atomic E-state index is 12.9. The Labute approximate surface area is 157 Å². The van der Waals surface area contributed by atoms with Crippen molar-refractivity contribution in [1.82, 2.24) is 9.80 Å². The largest absolute Gasteiger partial charge is 0.495 e. The van der Waals surface area contributed by atoms with Crippen molar-refractivity contribution in [3.63, 3.8) is 0 Å². The second-order valence-electron chi connectivity index (χ2n) is 8.24. The molecular weight excluding hydrogens is 330 g/mol. The van der Waals surface area contributed by atoms with E-state index in [2.05, 4.69) is 31.0 Å². The quantitative estimate of drug-likeness (QED) is 0.893. The fourth-order valence-corrected chi connectivity index (χ4v) is 3.16. The van der Waals surface area contributed by atoms with Crippen LogP contribution in [-0.4, -0.2) is 69.9 Å². The van der Waals surface area contributed by atoms with Gasteiger partial charge in [0, 0.05) is 25.6 Å². The first-order chi connectivity index (χ1) is 12.2. The summed E-state index contributed by atoms with van der Waals surface area (Å²) in [4.78, 5) is 16.8. The van der Waals surface area contributed by atoms with E-state index < -0.39 is 0 Å². The summed E-state index contributed by atoms with van der Waals surface area (Å²) >= 11 is 0. The fraction of sp³-hybridized carbons (Fsp3) is 0.650. The number of urea groups is 1. The van der Waals surface area contributed by atoms with Crippen molar-refractivity contribution in [3.05, 3.63) is 23.8 Å². The van der Waals surface area contributed by atoms with E-state index in [1.165, 1.54) is 0 Å². The van der Waals surface area contributed by atoms with E-state index in [1.807, 2.05) is 37.2 Å². The molecule has 1 heterocycles. The molecular formula is C20H33N3O3. The number of rotatable bonds is 4. The Hall–Kier alpha value is -1.79. The maximum absolute atomic E-state index is 12.9. The number of hydrogen-bond donors (Lipinski definition) is 1. The molecule has 6 nitrogen and oxygen atoms in total. The number of carbonyl (C=O) groups is 1. The Bertz CT molecular complexity index is 611. The molecule has 2 rings (SSSR count). The van der Waals surface area contributed by atoms with Crippen LogP contribution >= 0.6 is 0 Å². The summed E-state index contributed by atoms with van der Waals surface area (Å²) in [6, 6.07) is 5.85. The first kappa shape index (κ1) is 20.5. The third kappa shape index (κ3) is 5.61. The molecule has 1 saturated heterocycles. The van der Waals surface area contributed by atoms with Crippen molar-refractivity contribution in [1.29, 1.82) is 0 Å². The van der Waals surface area contributed by atoms with E-state index in [0.717, 1.165) is 12.1 Å². The summed E-state index contributed by atoms with van der Waals surface area (Å²) in [5, 5.41) is 3.04. The van der Waals surface area contributed by atoms with Gasteiger partial charge in [-0.3, -0.25) is 0 Å². The number of carbonyl (C=O) groups excluding carboxylic acids is 1. The van der Waals surface area contributed by atoms with E-state index in [1.54, 1.807) is 7.11 Å². The highest BCUT2D eigenvalue weighted by molar-refractivity contribution is 5.91. The third-order valence-electron chi connectivity index (χ3n) is 4.56. The second-order valence-corrected chi connectivity index (χ2v) is 8.24. The van der Waals surface area contributed by atoms with Gasteiger partial charge in [-0.2, -0.15) is 0 Å². The molecule has 0 saturated carbocycles. The van der Waals surface area contributed by atoms with Crippen molar-refractivity contribution < 1.29 is 14.3 Å². The standard InChI is InChI=1S/C20H33N3O3/c1-20(2,3)16-7-8-18(25-6)17(11-16)21-19(24)23-9-10-26-14-15(13-23)12-22(4)5/h7-8,11,15H,9-10,12-14H2,1-6H3,(H,21,24)/t15-/m0/s1. The van der Waals surface area contributed by atoms with E-state index >= 15 is 0 Å². The minimum absolute atomic E-state index is 0.000993. The van der Waals surface area contributed by atoms with Crippen molar-refractivity contribution in [3.8, 4) is 5.75 Å². The Kier molecular flexibility index (Phi) is 6.89. The zero-order valence-electron chi connectivity index (χ0n) is 17.0. The lowest BCUT2D eigenvalue weighted by Crippen LogP contribution is -2.41. The number of methoxy groups -OCH3 is 1. The smallest absolute Gasteiger partial charge is 0.322 e. The van der Waals surface area contributed by atoms with Gasteiger partial charge in [-0.25, -0.2) is 4.79 Å². The Balaban J connectivity index is 2.14. The summed E-state index contributed by atoms with van der Waals surface area (Å²) in [5.41, 5.74) is 1.86.